The molecule has 0 aliphatic carbocycles. The van der Waals surface area contributed by atoms with Gasteiger partial charge in [0.25, 0.3) is 0 Å². The SMILES string of the molecule is COCC1(C(=O)NCCCCC(=O)O)CCNCC1. The molecule has 0 aromatic heterocycles. The summed E-state index contributed by atoms with van der Waals surface area (Å²) >= 11 is 0. The number of methoxy groups -OCH3 is 1. The van der Waals surface area contributed by atoms with E-state index in [9.17, 15) is 9.59 Å². The van der Waals surface area contributed by atoms with Gasteiger partial charge in [0.1, 0.15) is 0 Å². The molecule has 0 bridgehead atoms. The average Bonchev–Trinajstić information content (AvgIpc) is 2.39. The summed E-state index contributed by atoms with van der Waals surface area (Å²) in [5, 5.41) is 14.7. The summed E-state index contributed by atoms with van der Waals surface area (Å²) in [6, 6.07) is 0. The quantitative estimate of drug-likeness (QED) is 0.556. The first kappa shape index (κ1) is 15.9. The molecule has 1 aliphatic heterocycles. The lowest BCUT2D eigenvalue weighted by atomic mass is 9.78. The molecule has 19 heavy (non-hydrogen) atoms. The number of carboxylic acids is 1. The summed E-state index contributed by atoms with van der Waals surface area (Å²) in [6.45, 7) is 2.63. The Kier molecular flexibility index (Phi) is 6.80. The summed E-state index contributed by atoms with van der Waals surface area (Å²) in [5.41, 5.74) is -0.424. The summed E-state index contributed by atoms with van der Waals surface area (Å²) in [5.74, 6) is -0.758. The molecule has 6 heteroatoms. The molecule has 0 spiro atoms. The van der Waals surface area contributed by atoms with Crippen LogP contribution in [0.1, 0.15) is 32.1 Å². The maximum atomic E-state index is 12.3. The number of unbranched alkanes of at least 4 members (excludes halogenated alkanes) is 1. The van der Waals surface area contributed by atoms with Gasteiger partial charge in [-0.1, -0.05) is 0 Å². The molecule has 110 valence electrons. The van der Waals surface area contributed by atoms with Gasteiger partial charge in [-0.05, 0) is 38.8 Å². The third-order valence-electron chi connectivity index (χ3n) is 3.57. The van der Waals surface area contributed by atoms with Crippen molar-refractivity contribution in [3.63, 3.8) is 0 Å². The van der Waals surface area contributed by atoms with Gasteiger partial charge < -0.3 is 20.5 Å². The molecule has 1 rings (SSSR count). The van der Waals surface area contributed by atoms with Gasteiger partial charge in [0.2, 0.25) is 5.91 Å². The van der Waals surface area contributed by atoms with Gasteiger partial charge in [0.15, 0.2) is 0 Å². The second-order valence-electron chi connectivity index (χ2n) is 5.07. The Labute approximate surface area is 113 Å². The normalized spacial score (nSPS) is 17.9. The Bertz CT molecular complexity index is 296. The first-order valence-corrected chi connectivity index (χ1v) is 6.80. The lowest BCUT2D eigenvalue weighted by Gasteiger charge is -2.35. The standard InChI is InChI=1S/C13H24N2O4/c1-19-10-13(5-8-14-9-6-13)12(18)15-7-3-2-4-11(16)17/h14H,2-10H2,1H3,(H,15,18)(H,16,17). The fourth-order valence-electron chi connectivity index (χ4n) is 2.41. The second-order valence-corrected chi connectivity index (χ2v) is 5.07. The number of ether oxygens (including phenoxy) is 1. The monoisotopic (exact) mass is 272 g/mol. The number of hydrogen-bond donors (Lipinski definition) is 3. The summed E-state index contributed by atoms with van der Waals surface area (Å²) in [4.78, 5) is 22.6. The zero-order valence-electron chi connectivity index (χ0n) is 11.5. The highest BCUT2D eigenvalue weighted by molar-refractivity contribution is 5.83. The number of rotatable bonds is 8. The highest BCUT2D eigenvalue weighted by Gasteiger charge is 2.39. The molecular weight excluding hydrogens is 248 g/mol. The van der Waals surface area contributed by atoms with Gasteiger partial charge in [-0.15, -0.1) is 0 Å². The summed E-state index contributed by atoms with van der Waals surface area (Å²) in [7, 11) is 1.62. The number of amides is 1. The molecular formula is C13H24N2O4. The molecule has 1 heterocycles. The van der Waals surface area contributed by atoms with Crippen LogP contribution in [0.3, 0.4) is 0 Å². The van der Waals surface area contributed by atoms with Gasteiger partial charge in [-0.2, -0.15) is 0 Å². The number of aliphatic carboxylic acids is 1. The fourth-order valence-corrected chi connectivity index (χ4v) is 2.41. The van der Waals surface area contributed by atoms with E-state index in [1.54, 1.807) is 7.11 Å². The summed E-state index contributed by atoms with van der Waals surface area (Å²) < 4.78 is 5.20. The van der Waals surface area contributed by atoms with Crippen molar-refractivity contribution in [2.75, 3.05) is 33.4 Å². The van der Waals surface area contributed by atoms with Crippen LogP contribution >= 0.6 is 0 Å². The predicted octanol–water partition coefficient (Wildman–Crippen LogP) is 0.374. The van der Waals surface area contributed by atoms with Crippen molar-refractivity contribution < 1.29 is 19.4 Å². The minimum atomic E-state index is -0.791. The van der Waals surface area contributed by atoms with E-state index in [-0.39, 0.29) is 12.3 Å². The molecule has 6 nitrogen and oxygen atoms in total. The van der Waals surface area contributed by atoms with Crippen molar-refractivity contribution in [2.24, 2.45) is 5.41 Å². The zero-order chi connectivity index (χ0) is 14.1. The molecule has 1 saturated heterocycles. The van der Waals surface area contributed by atoms with Crippen LogP contribution in [0, 0.1) is 5.41 Å². The fraction of sp³-hybridized carbons (Fsp3) is 0.846. The second kappa shape index (κ2) is 8.12. The molecule has 1 fully saturated rings. The van der Waals surface area contributed by atoms with Crippen LogP contribution in [-0.2, 0) is 14.3 Å². The molecule has 1 aliphatic rings. The average molecular weight is 272 g/mol. The van der Waals surface area contributed by atoms with E-state index in [1.165, 1.54) is 0 Å². The van der Waals surface area contributed by atoms with Crippen LogP contribution in [0.15, 0.2) is 0 Å². The third-order valence-corrected chi connectivity index (χ3v) is 3.57. The zero-order valence-corrected chi connectivity index (χ0v) is 11.5. The maximum absolute atomic E-state index is 12.3. The predicted molar refractivity (Wildman–Crippen MR) is 70.9 cm³/mol. The molecule has 0 aromatic rings. The molecule has 0 unspecified atom stereocenters. The molecule has 0 aromatic carbocycles. The van der Waals surface area contributed by atoms with E-state index in [4.69, 9.17) is 9.84 Å². The van der Waals surface area contributed by atoms with Crippen molar-refractivity contribution in [1.82, 2.24) is 10.6 Å². The van der Waals surface area contributed by atoms with Crippen molar-refractivity contribution in [3.05, 3.63) is 0 Å². The van der Waals surface area contributed by atoms with Crippen molar-refractivity contribution >= 4 is 11.9 Å². The minimum absolute atomic E-state index is 0.0335. The molecule has 0 saturated carbocycles. The van der Waals surface area contributed by atoms with Crippen molar-refractivity contribution in [2.45, 2.75) is 32.1 Å². The van der Waals surface area contributed by atoms with E-state index < -0.39 is 11.4 Å². The van der Waals surface area contributed by atoms with Crippen LogP contribution in [0.2, 0.25) is 0 Å². The summed E-state index contributed by atoms with van der Waals surface area (Å²) in [6.07, 6.45) is 3.00. The topological polar surface area (TPSA) is 87.7 Å². The maximum Gasteiger partial charge on any atom is 0.303 e. The van der Waals surface area contributed by atoms with Crippen LogP contribution < -0.4 is 10.6 Å². The number of hydrogen-bond acceptors (Lipinski definition) is 4. The Hall–Kier alpha value is -1.14. The first-order valence-electron chi connectivity index (χ1n) is 6.80. The number of carboxylic acid groups (broad SMARTS) is 1. The molecule has 3 N–H and O–H groups in total. The van der Waals surface area contributed by atoms with E-state index in [0.717, 1.165) is 25.9 Å². The van der Waals surface area contributed by atoms with Gasteiger partial charge in [0.05, 0.1) is 12.0 Å². The van der Waals surface area contributed by atoms with Crippen LogP contribution in [0.5, 0.6) is 0 Å². The molecule has 0 radical (unpaired) electrons. The lowest BCUT2D eigenvalue weighted by molar-refractivity contribution is -0.137. The van der Waals surface area contributed by atoms with Crippen molar-refractivity contribution in [1.29, 1.82) is 0 Å². The Morgan fingerprint density at radius 2 is 2.00 bits per heavy atom. The Morgan fingerprint density at radius 1 is 1.32 bits per heavy atom. The number of piperidine rings is 1. The highest BCUT2D eigenvalue weighted by Crippen LogP contribution is 2.29. The van der Waals surface area contributed by atoms with Gasteiger partial charge >= 0.3 is 5.97 Å². The Balaban J connectivity index is 2.33. The van der Waals surface area contributed by atoms with Crippen LogP contribution in [-0.4, -0.2) is 50.3 Å². The lowest BCUT2D eigenvalue weighted by Crippen LogP contribution is -2.50. The van der Waals surface area contributed by atoms with E-state index in [1.807, 2.05) is 0 Å². The first-order chi connectivity index (χ1) is 9.10. The number of carbonyl (C=O) groups is 2. The van der Waals surface area contributed by atoms with E-state index >= 15 is 0 Å². The van der Waals surface area contributed by atoms with Crippen LogP contribution in [0.4, 0.5) is 0 Å². The van der Waals surface area contributed by atoms with Crippen LogP contribution in [0.25, 0.3) is 0 Å². The van der Waals surface area contributed by atoms with Gasteiger partial charge in [0, 0.05) is 20.1 Å². The van der Waals surface area contributed by atoms with E-state index in [0.29, 0.717) is 26.0 Å². The van der Waals surface area contributed by atoms with E-state index in [2.05, 4.69) is 10.6 Å². The number of carbonyl (C=O) groups excluding carboxylic acids is 1. The number of nitrogens with one attached hydrogen (secondary N) is 2. The largest absolute Gasteiger partial charge is 0.481 e. The molecule has 0 atom stereocenters. The smallest absolute Gasteiger partial charge is 0.303 e. The highest BCUT2D eigenvalue weighted by atomic mass is 16.5. The third kappa shape index (κ3) is 5.16. The molecule has 1 amide bonds. The van der Waals surface area contributed by atoms with Gasteiger partial charge in [-0.3, -0.25) is 9.59 Å². The minimum Gasteiger partial charge on any atom is -0.481 e. The van der Waals surface area contributed by atoms with Gasteiger partial charge in [-0.25, -0.2) is 0 Å². The van der Waals surface area contributed by atoms with Crippen molar-refractivity contribution in [3.8, 4) is 0 Å². The Morgan fingerprint density at radius 3 is 2.58 bits per heavy atom.